The normalized spacial score (nSPS) is 16.1. The summed E-state index contributed by atoms with van der Waals surface area (Å²) in [5.41, 5.74) is 0.998. The molecule has 0 radical (unpaired) electrons. The number of ether oxygens (including phenoxy) is 1. The van der Waals surface area contributed by atoms with E-state index in [-0.39, 0.29) is 12.0 Å². The summed E-state index contributed by atoms with van der Waals surface area (Å²) in [6.45, 7) is 7.21. The second kappa shape index (κ2) is 7.03. The maximum Gasteiger partial charge on any atom is 0.219 e. The van der Waals surface area contributed by atoms with Crippen molar-refractivity contribution < 1.29 is 9.53 Å². The predicted octanol–water partition coefficient (Wildman–Crippen LogP) is 3.55. The lowest BCUT2D eigenvalue weighted by Gasteiger charge is -2.32. The van der Waals surface area contributed by atoms with E-state index < -0.39 is 0 Å². The molecule has 0 bridgehead atoms. The fraction of sp³-hybridized carbons (Fsp3) is 0.562. The van der Waals surface area contributed by atoms with Gasteiger partial charge in [0.2, 0.25) is 5.91 Å². The Morgan fingerprint density at radius 1 is 1.38 bits per heavy atom. The number of hydrogen-bond acceptors (Lipinski definition) is 3. The van der Waals surface area contributed by atoms with E-state index in [1.807, 2.05) is 36.9 Å². The number of carbonyl (C=O) groups is 1. The molecule has 0 saturated carbocycles. The SMILES string of the molecule is CC(=O)N1CCC(Nc2ccc(OC(C)C)c(Cl)c2)CC1. The van der Waals surface area contributed by atoms with Crippen molar-refractivity contribution in [1.82, 2.24) is 4.90 Å². The monoisotopic (exact) mass is 310 g/mol. The first kappa shape index (κ1) is 16.0. The number of hydrogen-bond donors (Lipinski definition) is 1. The highest BCUT2D eigenvalue weighted by atomic mass is 35.5. The summed E-state index contributed by atoms with van der Waals surface area (Å²) in [4.78, 5) is 13.2. The van der Waals surface area contributed by atoms with Crippen LogP contribution < -0.4 is 10.1 Å². The topological polar surface area (TPSA) is 41.6 Å². The molecule has 1 heterocycles. The number of piperidine rings is 1. The van der Waals surface area contributed by atoms with Gasteiger partial charge in [0.05, 0.1) is 11.1 Å². The molecule has 21 heavy (non-hydrogen) atoms. The van der Waals surface area contributed by atoms with Gasteiger partial charge in [0.15, 0.2) is 0 Å². The third-order valence-corrected chi connectivity index (χ3v) is 3.90. The highest BCUT2D eigenvalue weighted by Gasteiger charge is 2.20. The summed E-state index contributed by atoms with van der Waals surface area (Å²) in [6.07, 6.45) is 2.03. The molecule has 0 spiro atoms. The number of nitrogens with one attached hydrogen (secondary N) is 1. The second-order valence-corrected chi connectivity index (χ2v) is 6.14. The van der Waals surface area contributed by atoms with Crippen molar-refractivity contribution in [2.75, 3.05) is 18.4 Å². The Labute approximate surface area is 131 Å². The zero-order valence-corrected chi connectivity index (χ0v) is 13.6. The van der Waals surface area contributed by atoms with E-state index in [1.165, 1.54) is 0 Å². The van der Waals surface area contributed by atoms with Crippen LogP contribution >= 0.6 is 11.6 Å². The molecule has 1 amide bonds. The lowest BCUT2D eigenvalue weighted by Crippen LogP contribution is -2.41. The minimum atomic E-state index is 0.109. The average molecular weight is 311 g/mol. The summed E-state index contributed by atoms with van der Waals surface area (Å²) in [5.74, 6) is 0.871. The Hall–Kier alpha value is -1.42. The first-order chi connectivity index (χ1) is 9.95. The van der Waals surface area contributed by atoms with Crippen molar-refractivity contribution in [3.63, 3.8) is 0 Å². The summed E-state index contributed by atoms with van der Waals surface area (Å²) in [6, 6.07) is 6.17. The molecule has 0 aromatic heterocycles. The van der Waals surface area contributed by atoms with Crippen LogP contribution in [0.15, 0.2) is 18.2 Å². The molecule has 1 aromatic carbocycles. The van der Waals surface area contributed by atoms with Crippen LogP contribution in [0.3, 0.4) is 0 Å². The minimum absolute atomic E-state index is 0.109. The van der Waals surface area contributed by atoms with E-state index in [2.05, 4.69) is 5.32 Å². The van der Waals surface area contributed by atoms with Gasteiger partial charge < -0.3 is 15.0 Å². The number of likely N-dealkylation sites (tertiary alicyclic amines) is 1. The molecule has 1 aromatic rings. The molecule has 2 rings (SSSR count). The molecule has 1 saturated heterocycles. The minimum Gasteiger partial charge on any atom is -0.489 e. The van der Waals surface area contributed by atoms with Crippen LogP contribution in [-0.4, -0.2) is 36.0 Å². The van der Waals surface area contributed by atoms with Gasteiger partial charge in [0.25, 0.3) is 0 Å². The van der Waals surface area contributed by atoms with Crippen LogP contribution in [0.25, 0.3) is 0 Å². The number of rotatable bonds is 4. The summed E-state index contributed by atoms with van der Waals surface area (Å²) >= 11 is 6.24. The number of carbonyl (C=O) groups excluding carboxylic acids is 1. The molecular weight excluding hydrogens is 288 g/mol. The van der Waals surface area contributed by atoms with Crippen molar-refractivity contribution in [2.45, 2.75) is 45.8 Å². The fourth-order valence-electron chi connectivity index (χ4n) is 2.51. The molecule has 0 unspecified atom stereocenters. The molecular formula is C16H23ClN2O2. The second-order valence-electron chi connectivity index (χ2n) is 5.74. The van der Waals surface area contributed by atoms with Gasteiger partial charge in [-0.1, -0.05) is 11.6 Å². The van der Waals surface area contributed by atoms with E-state index in [0.29, 0.717) is 16.8 Å². The highest BCUT2D eigenvalue weighted by Crippen LogP contribution is 2.29. The molecule has 1 aliphatic rings. The lowest BCUT2D eigenvalue weighted by molar-refractivity contribution is -0.129. The maximum atomic E-state index is 11.3. The largest absolute Gasteiger partial charge is 0.489 e. The number of anilines is 1. The van der Waals surface area contributed by atoms with Crippen molar-refractivity contribution >= 4 is 23.2 Å². The van der Waals surface area contributed by atoms with Crippen molar-refractivity contribution in [1.29, 1.82) is 0 Å². The zero-order valence-electron chi connectivity index (χ0n) is 12.9. The Morgan fingerprint density at radius 2 is 2.05 bits per heavy atom. The number of halogens is 1. The van der Waals surface area contributed by atoms with E-state index in [4.69, 9.17) is 16.3 Å². The van der Waals surface area contributed by atoms with Crippen LogP contribution in [0.1, 0.15) is 33.6 Å². The standard InChI is InChI=1S/C16H23ClN2O2/c1-11(2)21-16-5-4-14(10-15(16)17)18-13-6-8-19(9-7-13)12(3)20/h4-5,10-11,13,18H,6-9H2,1-3H3. The number of amides is 1. The lowest BCUT2D eigenvalue weighted by atomic mass is 10.0. The average Bonchev–Trinajstić information content (AvgIpc) is 2.42. The van der Waals surface area contributed by atoms with Gasteiger partial charge in [-0.05, 0) is 44.9 Å². The van der Waals surface area contributed by atoms with Gasteiger partial charge in [0.1, 0.15) is 5.75 Å². The third-order valence-electron chi connectivity index (χ3n) is 3.61. The maximum absolute atomic E-state index is 11.3. The Kier molecular flexibility index (Phi) is 5.34. The van der Waals surface area contributed by atoms with Gasteiger partial charge in [-0.15, -0.1) is 0 Å². The van der Waals surface area contributed by atoms with E-state index >= 15 is 0 Å². The van der Waals surface area contributed by atoms with Gasteiger partial charge in [-0.25, -0.2) is 0 Å². The quantitative estimate of drug-likeness (QED) is 0.924. The highest BCUT2D eigenvalue weighted by molar-refractivity contribution is 6.32. The number of nitrogens with zero attached hydrogens (tertiary/aromatic N) is 1. The van der Waals surface area contributed by atoms with Crippen LogP contribution in [0.5, 0.6) is 5.75 Å². The zero-order chi connectivity index (χ0) is 15.4. The Balaban J connectivity index is 1.92. The van der Waals surface area contributed by atoms with Gasteiger partial charge >= 0.3 is 0 Å². The Bertz CT molecular complexity index is 497. The number of benzene rings is 1. The van der Waals surface area contributed by atoms with Crippen LogP contribution in [-0.2, 0) is 4.79 Å². The molecule has 1 fully saturated rings. The van der Waals surface area contributed by atoms with Crippen LogP contribution in [0.4, 0.5) is 5.69 Å². The first-order valence-electron chi connectivity index (χ1n) is 7.44. The molecule has 1 N–H and O–H groups in total. The van der Waals surface area contributed by atoms with Gasteiger partial charge in [-0.3, -0.25) is 4.79 Å². The smallest absolute Gasteiger partial charge is 0.219 e. The molecule has 1 aliphatic heterocycles. The van der Waals surface area contributed by atoms with Gasteiger partial charge in [-0.2, -0.15) is 0 Å². The Morgan fingerprint density at radius 3 is 2.57 bits per heavy atom. The van der Waals surface area contributed by atoms with Crippen LogP contribution in [0, 0.1) is 0 Å². The molecule has 5 heteroatoms. The summed E-state index contributed by atoms with van der Waals surface area (Å²) in [5, 5.41) is 4.10. The fourth-order valence-corrected chi connectivity index (χ4v) is 2.74. The molecule has 0 atom stereocenters. The molecule has 0 aliphatic carbocycles. The summed E-state index contributed by atoms with van der Waals surface area (Å²) in [7, 11) is 0. The van der Waals surface area contributed by atoms with E-state index in [9.17, 15) is 4.79 Å². The first-order valence-corrected chi connectivity index (χ1v) is 7.81. The van der Waals surface area contributed by atoms with Crippen molar-refractivity contribution in [3.05, 3.63) is 23.2 Å². The van der Waals surface area contributed by atoms with E-state index in [1.54, 1.807) is 6.92 Å². The summed E-state index contributed by atoms with van der Waals surface area (Å²) < 4.78 is 5.63. The molecule has 116 valence electrons. The van der Waals surface area contributed by atoms with E-state index in [0.717, 1.165) is 31.6 Å². The predicted molar refractivity (Wildman–Crippen MR) is 86.1 cm³/mol. The van der Waals surface area contributed by atoms with Gasteiger partial charge in [0, 0.05) is 31.7 Å². The molecule has 4 nitrogen and oxygen atoms in total. The van der Waals surface area contributed by atoms with Crippen molar-refractivity contribution in [2.24, 2.45) is 0 Å². The van der Waals surface area contributed by atoms with Crippen molar-refractivity contribution in [3.8, 4) is 5.75 Å². The van der Waals surface area contributed by atoms with Crippen LogP contribution in [0.2, 0.25) is 5.02 Å². The third kappa shape index (κ3) is 4.53.